The average Bonchev–Trinajstić information content (AvgIpc) is 2.61. The molecule has 0 aliphatic rings. The van der Waals surface area contributed by atoms with Crippen molar-refractivity contribution in [3.63, 3.8) is 0 Å². The molecule has 0 heterocycles. The third-order valence-corrected chi connectivity index (χ3v) is 5.42. The first-order valence-corrected chi connectivity index (χ1v) is 9.57. The van der Waals surface area contributed by atoms with Gasteiger partial charge >= 0.3 is 6.03 Å². The Labute approximate surface area is 154 Å². The van der Waals surface area contributed by atoms with Gasteiger partial charge in [0.1, 0.15) is 5.82 Å². The molecule has 0 radical (unpaired) electrons. The molecule has 0 aliphatic carbocycles. The Hall–Kier alpha value is -1.97. The molecule has 0 unspecified atom stereocenters. The molecule has 0 atom stereocenters. The summed E-state index contributed by atoms with van der Waals surface area (Å²) in [5, 5.41) is 5.23. The molecule has 6 nitrogen and oxygen atoms in total. The zero-order chi connectivity index (χ0) is 18.4. The largest absolute Gasteiger partial charge is 0.334 e. The lowest BCUT2D eigenvalue weighted by Gasteiger charge is -2.09. The average molecular weight is 430 g/mol. The van der Waals surface area contributed by atoms with Crippen LogP contribution in [0.15, 0.2) is 51.8 Å². The third-order valence-electron chi connectivity index (χ3n) is 3.37. The molecule has 0 saturated heterocycles. The van der Waals surface area contributed by atoms with Gasteiger partial charge in [-0.25, -0.2) is 22.3 Å². The quantitative estimate of drug-likeness (QED) is 0.658. The number of halogens is 2. The highest BCUT2D eigenvalue weighted by Gasteiger charge is 2.11. The summed E-state index contributed by atoms with van der Waals surface area (Å²) < 4.78 is 39.5. The molecule has 3 N–H and O–H groups in total. The number of nitrogens with one attached hydrogen (secondary N) is 3. The summed E-state index contributed by atoms with van der Waals surface area (Å²) in [7, 11) is -2.20. The van der Waals surface area contributed by atoms with E-state index in [1.54, 1.807) is 24.3 Å². The molecule has 0 spiro atoms. The zero-order valence-corrected chi connectivity index (χ0v) is 15.7. The van der Waals surface area contributed by atoms with Gasteiger partial charge < -0.3 is 10.6 Å². The highest BCUT2D eigenvalue weighted by atomic mass is 79.9. The number of hydrogen-bond donors (Lipinski definition) is 3. The highest BCUT2D eigenvalue weighted by molar-refractivity contribution is 9.10. The number of hydrogen-bond acceptors (Lipinski definition) is 3. The van der Waals surface area contributed by atoms with Crippen molar-refractivity contribution in [3.8, 4) is 0 Å². The van der Waals surface area contributed by atoms with Crippen LogP contribution in [0.3, 0.4) is 0 Å². The maximum atomic E-state index is 13.4. The number of urea groups is 1. The standard InChI is InChI=1S/C16H17BrFN3O3S/c1-19-25(23,24)13-4-2-3-11(7-13)9-20-16(22)21-10-12-5-6-14(17)15(18)8-12/h2-8,19H,9-10H2,1H3,(H2,20,21,22). The van der Waals surface area contributed by atoms with E-state index >= 15 is 0 Å². The van der Waals surface area contributed by atoms with Crippen LogP contribution >= 0.6 is 15.9 Å². The van der Waals surface area contributed by atoms with E-state index in [4.69, 9.17) is 0 Å². The van der Waals surface area contributed by atoms with Crippen molar-refractivity contribution >= 4 is 32.0 Å². The fraction of sp³-hybridized carbons (Fsp3) is 0.188. The molecule has 0 bridgehead atoms. The summed E-state index contributed by atoms with van der Waals surface area (Å²) in [5.41, 5.74) is 1.26. The van der Waals surface area contributed by atoms with Crippen LogP contribution in [0, 0.1) is 5.82 Å². The van der Waals surface area contributed by atoms with Gasteiger partial charge in [-0.15, -0.1) is 0 Å². The lowest BCUT2D eigenvalue weighted by Crippen LogP contribution is -2.34. The monoisotopic (exact) mass is 429 g/mol. The number of benzene rings is 2. The van der Waals surface area contributed by atoms with Gasteiger partial charge in [0.25, 0.3) is 0 Å². The number of sulfonamides is 1. The summed E-state index contributed by atoms with van der Waals surface area (Å²) in [6.45, 7) is 0.331. The van der Waals surface area contributed by atoms with Crippen LogP contribution < -0.4 is 15.4 Å². The second-order valence-corrected chi connectivity index (χ2v) is 7.88. The molecule has 0 saturated carbocycles. The lowest BCUT2D eigenvalue weighted by molar-refractivity contribution is 0.240. The van der Waals surface area contributed by atoms with E-state index in [-0.39, 0.29) is 18.0 Å². The second kappa shape index (κ2) is 8.41. The van der Waals surface area contributed by atoms with Gasteiger partial charge in [-0.2, -0.15) is 0 Å². The molecular formula is C16H17BrFN3O3S. The van der Waals surface area contributed by atoms with Crippen molar-refractivity contribution in [1.82, 2.24) is 15.4 Å². The van der Waals surface area contributed by atoms with Crippen LogP contribution in [0.2, 0.25) is 0 Å². The Bertz CT molecular complexity index is 875. The summed E-state index contributed by atoms with van der Waals surface area (Å²) in [5.74, 6) is -0.401. The summed E-state index contributed by atoms with van der Waals surface area (Å²) in [6.07, 6.45) is 0. The van der Waals surface area contributed by atoms with Gasteiger partial charge in [-0.3, -0.25) is 0 Å². The fourth-order valence-corrected chi connectivity index (χ4v) is 3.06. The van der Waals surface area contributed by atoms with Gasteiger partial charge in [0.05, 0.1) is 9.37 Å². The smallest absolute Gasteiger partial charge is 0.315 e. The molecule has 9 heteroatoms. The molecule has 2 aromatic carbocycles. The van der Waals surface area contributed by atoms with E-state index in [1.165, 1.54) is 25.2 Å². The van der Waals surface area contributed by atoms with Gasteiger partial charge in [-0.05, 0) is 58.4 Å². The predicted octanol–water partition coefficient (Wildman–Crippen LogP) is 2.50. The number of rotatable bonds is 6. The van der Waals surface area contributed by atoms with E-state index in [0.29, 0.717) is 15.6 Å². The Morgan fingerprint density at radius 2 is 1.72 bits per heavy atom. The minimum atomic E-state index is -3.53. The van der Waals surface area contributed by atoms with E-state index < -0.39 is 21.9 Å². The first-order valence-electron chi connectivity index (χ1n) is 7.30. The Morgan fingerprint density at radius 3 is 2.32 bits per heavy atom. The van der Waals surface area contributed by atoms with Crippen LogP contribution in [0.25, 0.3) is 0 Å². The van der Waals surface area contributed by atoms with Crippen molar-refractivity contribution in [2.24, 2.45) is 0 Å². The normalized spacial score (nSPS) is 11.2. The summed E-state index contributed by atoms with van der Waals surface area (Å²) >= 11 is 3.06. The Balaban J connectivity index is 1.90. The minimum Gasteiger partial charge on any atom is -0.334 e. The number of carbonyl (C=O) groups is 1. The topological polar surface area (TPSA) is 87.3 Å². The van der Waals surface area contributed by atoms with Crippen LogP contribution in [0.4, 0.5) is 9.18 Å². The van der Waals surface area contributed by atoms with Crippen molar-refractivity contribution in [2.75, 3.05) is 7.05 Å². The number of carbonyl (C=O) groups excluding carboxylic acids is 1. The van der Waals surface area contributed by atoms with E-state index in [0.717, 1.165) is 0 Å². The molecule has 134 valence electrons. The van der Waals surface area contributed by atoms with Crippen LogP contribution in [-0.4, -0.2) is 21.5 Å². The number of amides is 2. The van der Waals surface area contributed by atoms with Crippen molar-refractivity contribution in [1.29, 1.82) is 0 Å². The molecule has 2 aromatic rings. The lowest BCUT2D eigenvalue weighted by atomic mass is 10.2. The maximum absolute atomic E-state index is 13.4. The molecule has 0 fully saturated rings. The Kier molecular flexibility index (Phi) is 6.51. The Morgan fingerprint density at radius 1 is 1.08 bits per heavy atom. The predicted molar refractivity (Wildman–Crippen MR) is 95.9 cm³/mol. The van der Waals surface area contributed by atoms with Gasteiger partial charge in [0, 0.05) is 13.1 Å². The van der Waals surface area contributed by atoms with E-state index in [2.05, 4.69) is 31.3 Å². The van der Waals surface area contributed by atoms with Crippen molar-refractivity contribution < 1.29 is 17.6 Å². The summed E-state index contributed by atoms with van der Waals surface area (Å²) in [6, 6.07) is 10.4. The second-order valence-electron chi connectivity index (χ2n) is 5.14. The third kappa shape index (κ3) is 5.52. The zero-order valence-electron chi connectivity index (χ0n) is 13.3. The van der Waals surface area contributed by atoms with Crippen LogP contribution in [0.5, 0.6) is 0 Å². The van der Waals surface area contributed by atoms with Gasteiger partial charge in [0.15, 0.2) is 0 Å². The van der Waals surface area contributed by atoms with Gasteiger partial charge in [0.2, 0.25) is 10.0 Å². The molecule has 2 amide bonds. The van der Waals surface area contributed by atoms with Crippen LogP contribution in [0.1, 0.15) is 11.1 Å². The summed E-state index contributed by atoms with van der Waals surface area (Å²) in [4.78, 5) is 11.9. The molecular weight excluding hydrogens is 413 g/mol. The molecule has 25 heavy (non-hydrogen) atoms. The van der Waals surface area contributed by atoms with E-state index in [1.807, 2.05) is 0 Å². The highest BCUT2D eigenvalue weighted by Crippen LogP contribution is 2.16. The van der Waals surface area contributed by atoms with Crippen LogP contribution in [-0.2, 0) is 23.1 Å². The van der Waals surface area contributed by atoms with Crippen molar-refractivity contribution in [2.45, 2.75) is 18.0 Å². The fourth-order valence-electron chi connectivity index (χ4n) is 2.02. The first-order chi connectivity index (χ1) is 11.8. The molecule has 0 aliphatic heterocycles. The molecule has 0 aromatic heterocycles. The molecule has 2 rings (SSSR count). The maximum Gasteiger partial charge on any atom is 0.315 e. The van der Waals surface area contributed by atoms with Crippen molar-refractivity contribution in [3.05, 3.63) is 63.9 Å². The SMILES string of the molecule is CNS(=O)(=O)c1cccc(CNC(=O)NCc2ccc(Br)c(F)c2)c1. The first kappa shape index (κ1) is 19.4. The van der Waals surface area contributed by atoms with E-state index in [9.17, 15) is 17.6 Å². The minimum absolute atomic E-state index is 0.125. The van der Waals surface area contributed by atoms with Gasteiger partial charge in [-0.1, -0.05) is 18.2 Å².